The molecule has 1 aromatic heterocycles. The molecule has 1 heterocycles. The number of carbonyl (C=O) groups is 2. The van der Waals surface area contributed by atoms with Gasteiger partial charge >= 0.3 is 0 Å². The minimum absolute atomic E-state index is 0.0567. The molecule has 0 spiro atoms. The molecule has 0 bridgehead atoms. The van der Waals surface area contributed by atoms with Crippen molar-refractivity contribution in [3.05, 3.63) is 54.1 Å². The number of fused-ring (bicyclic) bond motifs is 1. The number of anilines is 3. The third kappa shape index (κ3) is 6.01. The van der Waals surface area contributed by atoms with E-state index in [2.05, 4.69) is 22.0 Å². The van der Waals surface area contributed by atoms with E-state index in [1.54, 1.807) is 12.1 Å². The fourth-order valence-corrected chi connectivity index (χ4v) is 5.15. The highest BCUT2D eigenvalue weighted by Gasteiger charge is 2.26. The normalized spacial score (nSPS) is 19.6. The van der Waals surface area contributed by atoms with Crippen LogP contribution >= 0.6 is 0 Å². The number of aromatic nitrogens is 2. The van der Waals surface area contributed by atoms with Crippen molar-refractivity contribution in [2.45, 2.75) is 51.0 Å². The van der Waals surface area contributed by atoms with E-state index in [9.17, 15) is 9.59 Å². The molecule has 0 aliphatic heterocycles. The highest BCUT2D eigenvalue weighted by atomic mass is 16.2. The molecule has 2 aromatic carbocycles. The predicted octanol–water partition coefficient (Wildman–Crippen LogP) is 4.84. The third-order valence-electron chi connectivity index (χ3n) is 7.61. The first kappa shape index (κ1) is 25.0. The molecule has 2 aliphatic rings. The van der Waals surface area contributed by atoms with Crippen LogP contribution in [0.15, 0.2) is 48.5 Å². The maximum absolute atomic E-state index is 12.8. The molecule has 0 saturated heterocycles. The summed E-state index contributed by atoms with van der Waals surface area (Å²) in [5.41, 5.74) is 2.20. The van der Waals surface area contributed by atoms with Crippen LogP contribution in [0.2, 0.25) is 0 Å². The lowest BCUT2D eigenvalue weighted by atomic mass is 9.85. The summed E-state index contributed by atoms with van der Waals surface area (Å²) in [5, 5.41) is 10.6. The zero-order chi connectivity index (χ0) is 25.8. The number of nitrogens with zero attached hydrogens (tertiary/aromatic N) is 3. The minimum Gasteiger partial charge on any atom is -0.362 e. The van der Waals surface area contributed by atoms with Crippen molar-refractivity contribution < 1.29 is 9.59 Å². The molecule has 194 valence electrons. The topological polar surface area (TPSA) is 99.3 Å². The van der Waals surface area contributed by atoms with Gasteiger partial charge < -0.3 is 20.9 Å². The molecule has 8 nitrogen and oxygen atoms in total. The van der Waals surface area contributed by atoms with Gasteiger partial charge in [0.2, 0.25) is 11.9 Å². The van der Waals surface area contributed by atoms with Gasteiger partial charge in [-0.05, 0) is 74.8 Å². The first-order valence-corrected chi connectivity index (χ1v) is 13.4. The van der Waals surface area contributed by atoms with Crippen molar-refractivity contribution in [1.82, 2.24) is 15.3 Å². The van der Waals surface area contributed by atoms with Crippen LogP contribution in [0.3, 0.4) is 0 Å². The van der Waals surface area contributed by atoms with Gasteiger partial charge in [-0.3, -0.25) is 9.59 Å². The molecule has 0 unspecified atom stereocenters. The summed E-state index contributed by atoms with van der Waals surface area (Å²) < 4.78 is 0. The summed E-state index contributed by atoms with van der Waals surface area (Å²) >= 11 is 0. The predicted molar refractivity (Wildman–Crippen MR) is 148 cm³/mol. The Balaban J connectivity index is 1.11. The first-order chi connectivity index (χ1) is 18.0. The largest absolute Gasteiger partial charge is 0.362 e. The average molecular weight is 501 g/mol. The molecule has 2 amide bonds. The van der Waals surface area contributed by atoms with E-state index in [1.165, 1.54) is 0 Å². The molecule has 2 saturated carbocycles. The number of benzene rings is 2. The summed E-state index contributed by atoms with van der Waals surface area (Å²) in [4.78, 5) is 36.5. The van der Waals surface area contributed by atoms with E-state index in [0.29, 0.717) is 35.7 Å². The Labute approximate surface area is 218 Å². The SMILES string of the molecule is CN(C)c1nc(NC2CCC(CNC(=O)c3cccc(NC(=O)C4CCC4)c3)CC2)nc2ccccc12. The molecule has 0 atom stereocenters. The standard InChI is InChI=1S/C29H36N6O2/c1-35(2)26-24-11-3-4-12-25(24)33-29(34-26)32-22-15-13-19(14-16-22)18-30-27(36)21-9-6-10-23(17-21)31-28(37)20-7-5-8-20/h3-4,6,9-12,17,19-20,22H,5,7-8,13-16,18H2,1-2H3,(H,30,36)(H,31,37)(H,32,33,34). The van der Waals surface area contributed by atoms with Gasteiger partial charge in [0, 0.05) is 49.2 Å². The lowest BCUT2D eigenvalue weighted by Crippen LogP contribution is -2.34. The number of nitrogens with one attached hydrogen (secondary N) is 3. The molecule has 3 N–H and O–H groups in total. The Morgan fingerprint density at radius 1 is 0.946 bits per heavy atom. The fraction of sp³-hybridized carbons (Fsp3) is 0.448. The van der Waals surface area contributed by atoms with E-state index < -0.39 is 0 Å². The monoisotopic (exact) mass is 500 g/mol. The fourth-order valence-electron chi connectivity index (χ4n) is 5.15. The number of rotatable bonds is 8. The van der Waals surface area contributed by atoms with Crippen molar-refractivity contribution in [3.8, 4) is 0 Å². The quantitative estimate of drug-likeness (QED) is 0.410. The maximum atomic E-state index is 12.8. The molecular weight excluding hydrogens is 464 g/mol. The van der Waals surface area contributed by atoms with Crippen LogP contribution in [-0.4, -0.2) is 48.5 Å². The second-order valence-electron chi connectivity index (χ2n) is 10.6. The van der Waals surface area contributed by atoms with Crippen molar-refractivity contribution in [3.63, 3.8) is 0 Å². The van der Waals surface area contributed by atoms with Gasteiger partial charge in [0.25, 0.3) is 5.91 Å². The highest BCUT2D eigenvalue weighted by Crippen LogP contribution is 2.29. The Morgan fingerprint density at radius 2 is 1.73 bits per heavy atom. The van der Waals surface area contributed by atoms with Crippen LogP contribution in [0.5, 0.6) is 0 Å². The van der Waals surface area contributed by atoms with E-state index in [-0.39, 0.29) is 17.7 Å². The van der Waals surface area contributed by atoms with E-state index >= 15 is 0 Å². The summed E-state index contributed by atoms with van der Waals surface area (Å²) in [6, 6.07) is 15.6. The molecule has 5 rings (SSSR count). The van der Waals surface area contributed by atoms with Gasteiger partial charge in [-0.2, -0.15) is 4.98 Å². The van der Waals surface area contributed by atoms with Crippen molar-refractivity contribution in [2.24, 2.45) is 11.8 Å². The van der Waals surface area contributed by atoms with Crippen molar-refractivity contribution in [2.75, 3.05) is 36.2 Å². The number of hydrogen-bond donors (Lipinski definition) is 3. The number of hydrogen-bond acceptors (Lipinski definition) is 6. The zero-order valence-electron chi connectivity index (χ0n) is 21.7. The second-order valence-corrected chi connectivity index (χ2v) is 10.6. The van der Waals surface area contributed by atoms with Crippen LogP contribution < -0.4 is 20.9 Å². The Bertz CT molecular complexity index is 1260. The summed E-state index contributed by atoms with van der Waals surface area (Å²) in [6.07, 6.45) is 7.11. The summed E-state index contributed by atoms with van der Waals surface area (Å²) in [6.45, 7) is 0.654. The molecule has 2 fully saturated rings. The maximum Gasteiger partial charge on any atom is 0.251 e. The number of para-hydroxylation sites is 1. The Hall–Kier alpha value is -3.68. The van der Waals surface area contributed by atoms with Gasteiger partial charge in [-0.15, -0.1) is 0 Å². The van der Waals surface area contributed by atoms with Crippen LogP contribution in [0, 0.1) is 11.8 Å². The van der Waals surface area contributed by atoms with Crippen LogP contribution in [0.4, 0.5) is 17.5 Å². The first-order valence-electron chi connectivity index (χ1n) is 13.4. The Morgan fingerprint density at radius 3 is 2.46 bits per heavy atom. The lowest BCUT2D eigenvalue weighted by molar-refractivity contribution is -0.122. The average Bonchev–Trinajstić information content (AvgIpc) is 2.86. The van der Waals surface area contributed by atoms with Gasteiger partial charge in [0.15, 0.2) is 0 Å². The third-order valence-corrected chi connectivity index (χ3v) is 7.61. The molecule has 37 heavy (non-hydrogen) atoms. The Kier molecular flexibility index (Phi) is 7.53. The zero-order valence-corrected chi connectivity index (χ0v) is 21.7. The number of amides is 2. The van der Waals surface area contributed by atoms with Crippen LogP contribution in [-0.2, 0) is 4.79 Å². The van der Waals surface area contributed by atoms with E-state index in [1.807, 2.05) is 49.3 Å². The van der Waals surface area contributed by atoms with Gasteiger partial charge in [0.05, 0.1) is 5.52 Å². The highest BCUT2D eigenvalue weighted by molar-refractivity contribution is 5.97. The van der Waals surface area contributed by atoms with Crippen molar-refractivity contribution in [1.29, 1.82) is 0 Å². The molecule has 0 radical (unpaired) electrons. The minimum atomic E-state index is -0.0965. The van der Waals surface area contributed by atoms with Crippen LogP contribution in [0.1, 0.15) is 55.3 Å². The summed E-state index contributed by atoms with van der Waals surface area (Å²) in [7, 11) is 4.00. The van der Waals surface area contributed by atoms with E-state index in [4.69, 9.17) is 9.97 Å². The molecule has 8 heteroatoms. The van der Waals surface area contributed by atoms with Gasteiger partial charge in [-0.1, -0.05) is 24.6 Å². The molecular formula is C29H36N6O2. The smallest absolute Gasteiger partial charge is 0.251 e. The van der Waals surface area contributed by atoms with Crippen molar-refractivity contribution >= 4 is 40.2 Å². The second kappa shape index (κ2) is 11.2. The van der Waals surface area contributed by atoms with E-state index in [0.717, 1.165) is 61.7 Å². The van der Waals surface area contributed by atoms with Gasteiger partial charge in [0.1, 0.15) is 5.82 Å². The van der Waals surface area contributed by atoms with Gasteiger partial charge in [-0.25, -0.2) is 4.98 Å². The van der Waals surface area contributed by atoms with Crippen LogP contribution in [0.25, 0.3) is 10.9 Å². The molecule has 3 aromatic rings. The lowest BCUT2D eigenvalue weighted by Gasteiger charge is -2.29. The summed E-state index contributed by atoms with van der Waals surface area (Å²) in [5.74, 6) is 2.10. The molecule has 2 aliphatic carbocycles. The number of carbonyl (C=O) groups excluding carboxylic acids is 2.